The predicted octanol–water partition coefficient (Wildman–Crippen LogP) is 3.01. The first-order valence-corrected chi connectivity index (χ1v) is 8.06. The van der Waals surface area contributed by atoms with E-state index < -0.39 is 0 Å². The number of hydrogen-bond donors (Lipinski definition) is 0. The van der Waals surface area contributed by atoms with Crippen molar-refractivity contribution in [1.82, 2.24) is 9.97 Å². The number of ether oxygens (including phenoxy) is 1. The third kappa shape index (κ3) is 6.17. The molecule has 0 fully saturated rings. The lowest BCUT2D eigenvalue weighted by Crippen LogP contribution is -2.04. The number of hydrogen-bond acceptors (Lipinski definition) is 4. The first-order chi connectivity index (χ1) is 9.95. The highest BCUT2D eigenvalue weighted by Crippen LogP contribution is 2.05. The molecule has 0 aromatic carbocycles. The maximum absolute atomic E-state index is 5.61. The van der Waals surface area contributed by atoms with Crippen molar-refractivity contribution in [2.75, 3.05) is 24.7 Å². The van der Waals surface area contributed by atoms with Crippen LogP contribution in [0.4, 0.5) is 0 Å². The number of rotatable bonds is 9. The summed E-state index contributed by atoms with van der Waals surface area (Å²) in [6, 6.07) is 12.0. The molecule has 2 aromatic rings. The Morgan fingerprint density at radius 2 is 1.50 bits per heavy atom. The quantitative estimate of drug-likeness (QED) is 0.664. The van der Waals surface area contributed by atoms with Gasteiger partial charge in [0.05, 0.1) is 13.2 Å². The average molecular weight is 288 g/mol. The fourth-order valence-corrected chi connectivity index (χ4v) is 2.56. The topological polar surface area (TPSA) is 35.0 Å². The van der Waals surface area contributed by atoms with Gasteiger partial charge in [-0.15, -0.1) is 0 Å². The monoisotopic (exact) mass is 288 g/mol. The molecule has 0 N–H and O–H groups in total. The second kappa shape index (κ2) is 9.50. The highest BCUT2D eigenvalue weighted by atomic mass is 32.2. The zero-order valence-corrected chi connectivity index (χ0v) is 12.4. The number of nitrogens with zero attached hydrogens (tertiary/aromatic N) is 2. The highest BCUT2D eigenvalue weighted by Gasteiger charge is 1.96. The summed E-state index contributed by atoms with van der Waals surface area (Å²) in [4.78, 5) is 8.58. The van der Waals surface area contributed by atoms with Gasteiger partial charge in [0.15, 0.2) is 0 Å². The third-order valence-electron chi connectivity index (χ3n) is 2.83. The SMILES string of the molecule is c1ccc(CCOCCSCCc2ccccn2)nc1. The van der Waals surface area contributed by atoms with E-state index in [2.05, 4.69) is 16.0 Å². The second-order valence-electron chi connectivity index (χ2n) is 4.37. The van der Waals surface area contributed by atoms with Gasteiger partial charge < -0.3 is 4.74 Å². The van der Waals surface area contributed by atoms with Crippen molar-refractivity contribution in [1.29, 1.82) is 0 Å². The van der Waals surface area contributed by atoms with Crippen LogP contribution in [0.3, 0.4) is 0 Å². The Balaban J connectivity index is 1.44. The van der Waals surface area contributed by atoms with Crippen molar-refractivity contribution in [2.24, 2.45) is 0 Å². The Hall–Kier alpha value is -1.39. The maximum Gasteiger partial charge on any atom is 0.0556 e. The standard InChI is InChI=1S/C16H20N2OS/c1-3-9-17-15(5-1)7-11-19-12-14-20-13-8-16-6-2-4-10-18-16/h1-6,9-10H,7-8,11-14H2. The van der Waals surface area contributed by atoms with Crippen molar-refractivity contribution in [3.63, 3.8) is 0 Å². The molecular formula is C16H20N2OS. The summed E-state index contributed by atoms with van der Waals surface area (Å²) in [6.07, 6.45) is 5.59. The van der Waals surface area contributed by atoms with Gasteiger partial charge in [-0.25, -0.2) is 0 Å². The van der Waals surface area contributed by atoms with E-state index in [-0.39, 0.29) is 0 Å². The Morgan fingerprint density at radius 1 is 0.800 bits per heavy atom. The van der Waals surface area contributed by atoms with E-state index in [1.165, 1.54) is 0 Å². The molecule has 0 bridgehead atoms. The molecule has 2 aromatic heterocycles. The minimum atomic E-state index is 0.748. The Bertz CT molecular complexity index is 419. The molecule has 0 radical (unpaired) electrons. The summed E-state index contributed by atoms with van der Waals surface area (Å²) in [5.41, 5.74) is 2.26. The zero-order chi connectivity index (χ0) is 13.9. The van der Waals surface area contributed by atoms with Crippen molar-refractivity contribution in [2.45, 2.75) is 12.8 Å². The first kappa shape index (κ1) is 15.0. The van der Waals surface area contributed by atoms with Crippen molar-refractivity contribution in [3.05, 3.63) is 60.2 Å². The molecule has 2 heterocycles. The van der Waals surface area contributed by atoms with Crippen LogP contribution in [0.2, 0.25) is 0 Å². The lowest BCUT2D eigenvalue weighted by Gasteiger charge is -2.04. The maximum atomic E-state index is 5.61. The molecule has 0 aliphatic rings. The van der Waals surface area contributed by atoms with Crippen molar-refractivity contribution >= 4 is 11.8 Å². The molecule has 20 heavy (non-hydrogen) atoms. The van der Waals surface area contributed by atoms with Crippen LogP contribution < -0.4 is 0 Å². The predicted molar refractivity (Wildman–Crippen MR) is 84.0 cm³/mol. The molecule has 0 amide bonds. The van der Waals surface area contributed by atoms with Gasteiger partial charge in [0.1, 0.15) is 0 Å². The normalized spacial score (nSPS) is 10.6. The molecule has 0 aliphatic heterocycles. The van der Waals surface area contributed by atoms with Crippen LogP contribution in [0, 0.1) is 0 Å². The van der Waals surface area contributed by atoms with Gasteiger partial charge in [-0.3, -0.25) is 9.97 Å². The number of thioether (sulfide) groups is 1. The molecule has 106 valence electrons. The lowest BCUT2D eigenvalue weighted by atomic mass is 10.3. The smallest absolute Gasteiger partial charge is 0.0556 e. The van der Waals surface area contributed by atoms with Gasteiger partial charge in [0.2, 0.25) is 0 Å². The van der Waals surface area contributed by atoms with Crippen LogP contribution in [-0.2, 0) is 17.6 Å². The van der Waals surface area contributed by atoms with Gasteiger partial charge >= 0.3 is 0 Å². The summed E-state index contributed by atoms with van der Waals surface area (Å²) in [7, 11) is 0. The van der Waals surface area contributed by atoms with Crippen LogP contribution in [0.25, 0.3) is 0 Å². The van der Waals surface area contributed by atoms with Gasteiger partial charge in [-0.1, -0.05) is 12.1 Å². The second-order valence-corrected chi connectivity index (χ2v) is 5.59. The molecule has 3 nitrogen and oxygen atoms in total. The van der Waals surface area contributed by atoms with E-state index in [0.29, 0.717) is 0 Å². The van der Waals surface area contributed by atoms with E-state index in [0.717, 1.165) is 48.9 Å². The average Bonchev–Trinajstić information content (AvgIpc) is 2.52. The molecule has 0 atom stereocenters. The minimum Gasteiger partial charge on any atom is -0.380 e. The van der Waals surface area contributed by atoms with Gasteiger partial charge in [0, 0.05) is 36.0 Å². The fourth-order valence-electron chi connectivity index (χ4n) is 1.77. The third-order valence-corrected chi connectivity index (χ3v) is 3.78. The Labute approximate surface area is 124 Å². The molecule has 0 saturated carbocycles. The van der Waals surface area contributed by atoms with Crippen LogP contribution in [0.1, 0.15) is 11.4 Å². The van der Waals surface area contributed by atoms with Gasteiger partial charge in [-0.2, -0.15) is 11.8 Å². The van der Waals surface area contributed by atoms with Gasteiger partial charge in [0.25, 0.3) is 0 Å². The molecule has 0 unspecified atom stereocenters. The molecule has 0 saturated heterocycles. The summed E-state index contributed by atoms with van der Waals surface area (Å²) in [5.74, 6) is 2.13. The highest BCUT2D eigenvalue weighted by molar-refractivity contribution is 7.99. The molecule has 0 spiro atoms. The summed E-state index contributed by atoms with van der Waals surface area (Å²) < 4.78 is 5.61. The summed E-state index contributed by atoms with van der Waals surface area (Å²) in [5, 5.41) is 0. The van der Waals surface area contributed by atoms with E-state index in [1.807, 2.05) is 54.5 Å². The van der Waals surface area contributed by atoms with Crippen molar-refractivity contribution < 1.29 is 4.74 Å². The van der Waals surface area contributed by atoms with Crippen LogP contribution in [0.5, 0.6) is 0 Å². The van der Waals surface area contributed by atoms with E-state index in [1.54, 1.807) is 0 Å². The first-order valence-electron chi connectivity index (χ1n) is 6.90. The summed E-state index contributed by atoms with van der Waals surface area (Å²) in [6.45, 7) is 1.55. The molecule has 0 aliphatic carbocycles. The van der Waals surface area contributed by atoms with Crippen LogP contribution in [-0.4, -0.2) is 34.7 Å². The fraction of sp³-hybridized carbons (Fsp3) is 0.375. The van der Waals surface area contributed by atoms with Gasteiger partial charge in [-0.05, 0) is 36.4 Å². The number of aryl methyl sites for hydroxylation is 1. The Kier molecular flexibility index (Phi) is 7.13. The lowest BCUT2D eigenvalue weighted by molar-refractivity contribution is 0.152. The zero-order valence-electron chi connectivity index (χ0n) is 11.6. The Morgan fingerprint density at radius 3 is 2.15 bits per heavy atom. The number of aromatic nitrogens is 2. The number of pyridine rings is 2. The van der Waals surface area contributed by atoms with E-state index >= 15 is 0 Å². The van der Waals surface area contributed by atoms with Crippen LogP contribution >= 0.6 is 11.8 Å². The van der Waals surface area contributed by atoms with E-state index in [4.69, 9.17) is 4.74 Å². The van der Waals surface area contributed by atoms with Crippen LogP contribution in [0.15, 0.2) is 48.8 Å². The molecule has 4 heteroatoms. The largest absolute Gasteiger partial charge is 0.380 e. The van der Waals surface area contributed by atoms with E-state index in [9.17, 15) is 0 Å². The molecule has 2 rings (SSSR count). The summed E-state index contributed by atoms with van der Waals surface area (Å²) >= 11 is 1.91. The van der Waals surface area contributed by atoms with Crippen molar-refractivity contribution in [3.8, 4) is 0 Å². The minimum absolute atomic E-state index is 0.748. The molecular weight excluding hydrogens is 268 g/mol.